The van der Waals surface area contributed by atoms with Crippen molar-refractivity contribution >= 4 is 5.97 Å². The fourth-order valence-electron chi connectivity index (χ4n) is 2.02. The topological polar surface area (TPSA) is 84.4 Å². The van der Waals surface area contributed by atoms with Crippen molar-refractivity contribution in [2.45, 2.75) is 26.2 Å². The highest BCUT2D eigenvalue weighted by Crippen LogP contribution is 2.31. The third-order valence-electron chi connectivity index (χ3n) is 3.14. The van der Waals surface area contributed by atoms with Gasteiger partial charge in [-0.05, 0) is 31.0 Å². The van der Waals surface area contributed by atoms with Gasteiger partial charge in [0.25, 0.3) is 0 Å². The Morgan fingerprint density at radius 3 is 2.86 bits per heavy atom. The molecule has 6 nitrogen and oxygen atoms in total. The maximum absolute atomic E-state index is 10.6. The molecule has 2 aromatic rings. The normalized spacial score (nSPS) is 10.5. The summed E-state index contributed by atoms with van der Waals surface area (Å²) >= 11 is 0. The number of carboxylic acids is 1. The van der Waals surface area contributed by atoms with Crippen LogP contribution < -0.4 is 9.47 Å². The van der Waals surface area contributed by atoms with E-state index >= 15 is 0 Å². The maximum Gasteiger partial charge on any atom is 0.303 e. The van der Waals surface area contributed by atoms with Crippen molar-refractivity contribution in [3.05, 3.63) is 30.1 Å². The number of aromatic nitrogens is 2. The summed E-state index contributed by atoms with van der Waals surface area (Å²) in [4.78, 5) is 18.0. The van der Waals surface area contributed by atoms with Crippen LogP contribution in [0.15, 0.2) is 24.4 Å². The van der Waals surface area contributed by atoms with Gasteiger partial charge in [0.1, 0.15) is 5.82 Å². The van der Waals surface area contributed by atoms with Crippen molar-refractivity contribution in [1.29, 1.82) is 0 Å². The van der Waals surface area contributed by atoms with Gasteiger partial charge in [-0.3, -0.25) is 4.79 Å². The molecule has 0 aliphatic heterocycles. The second-order valence-corrected chi connectivity index (χ2v) is 4.86. The molecule has 6 heteroatoms. The Morgan fingerprint density at radius 1 is 1.36 bits per heavy atom. The molecule has 0 saturated heterocycles. The van der Waals surface area contributed by atoms with Gasteiger partial charge in [-0.2, -0.15) is 0 Å². The Kier molecular flexibility index (Phi) is 5.41. The summed E-state index contributed by atoms with van der Waals surface area (Å²) in [6, 6.07) is 5.60. The van der Waals surface area contributed by atoms with Crippen LogP contribution in [0.25, 0.3) is 11.4 Å². The number of ether oxygens (including phenoxy) is 2. The van der Waals surface area contributed by atoms with Crippen molar-refractivity contribution in [2.75, 3.05) is 13.7 Å². The van der Waals surface area contributed by atoms with Crippen molar-refractivity contribution in [3.8, 4) is 22.9 Å². The smallest absolute Gasteiger partial charge is 0.303 e. The minimum Gasteiger partial charge on any atom is -0.493 e. The van der Waals surface area contributed by atoms with Gasteiger partial charge in [0, 0.05) is 17.5 Å². The molecule has 0 bridgehead atoms. The van der Waals surface area contributed by atoms with Crippen molar-refractivity contribution in [3.63, 3.8) is 0 Å². The summed E-state index contributed by atoms with van der Waals surface area (Å²) in [5, 5.41) is 8.70. The number of rotatable bonds is 8. The first-order valence-electron chi connectivity index (χ1n) is 7.21. The molecule has 2 rings (SSSR count). The van der Waals surface area contributed by atoms with Gasteiger partial charge in [0.15, 0.2) is 11.5 Å². The number of carbonyl (C=O) groups is 1. The van der Waals surface area contributed by atoms with Gasteiger partial charge in [-0.25, -0.2) is 4.98 Å². The number of aromatic amines is 1. The van der Waals surface area contributed by atoms with E-state index in [1.54, 1.807) is 13.3 Å². The lowest BCUT2D eigenvalue weighted by atomic mass is 10.2. The number of benzene rings is 1. The first-order valence-corrected chi connectivity index (χ1v) is 7.21. The SMILES string of the molecule is CCCOc1ccc(-c2ncc(CCC(=O)O)[nH]2)cc1OC. The van der Waals surface area contributed by atoms with E-state index in [4.69, 9.17) is 14.6 Å². The molecule has 1 heterocycles. The van der Waals surface area contributed by atoms with E-state index in [-0.39, 0.29) is 6.42 Å². The summed E-state index contributed by atoms with van der Waals surface area (Å²) in [5.41, 5.74) is 1.66. The van der Waals surface area contributed by atoms with Gasteiger partial charge in [-0.15, -0.1) is 0 Å². The number of carboxylic acid groups (broad SMARTS) is 1. The van der Waals surface area contributed by atoms with E-state index in [0.717, 1.165) is 17.7 Å². The summed E-state index contributed by atoms with van der Waals surface area (Å²) in [7, 11) is 1.60. The average Bonchev–Trinajstić information content (AvgIpc) is 2.99. The van der Waals surface area contributed by atoms with Crippen LogP contribution in [0.1, 0.15) is 25.5 Å². The number of H-pyrrole nitrogens is 1. The second kappa shape index (κ2) is 7.49. The third kappa shape index (κ3) is 4.00. The number of aliphatic carboxylic acids is 1. The number of methoxy groups -OCH3 is 1. The van der Waals surface area contributed by atoms with E-state index in [1.165, 1.54) is 0 Å². The quantitative estimate of drug-likeness (QED) is 0.783. The van der Waals surface area contributed by atoms with Crippen LogP contribution in [0.4, 0.5) is 0 Å². The van der Waals surface area contributed by atoms with E-state index in [0.29, 0.717) is 30.4 Å². The fraction of sp³-hybridized carbons (Fsp3) is 0.375. The largest absolute Gasteiger partial charge is 0.493 e. The highest BCUT2D eigenvalue weighted by Gasteiger charge is 2.10. The third-order valence-corrected chi connectivity index (χ3v) is 3.14. The lowest BCUT2D eigenvalue weighted by Crippen LogP contribution is -1.98. The molecule has 0 saturated carbocycles. The molecule has 0 aliphatic carbocycles. The van der Waals surface area contributed by atoms with Gasteiger partial charge in [-0.1, -0.05) is 6.92 Å². The minimum absolute atomic E-state index is 0.0781. The highest BCUT2D eigenvalue weighted by molar-refractivity contribution is 5.67. The van der Waals surface area contributed by atoms with Crippen LogP contribution in [0.2, 0.25) is 0 Å². The predicted molar refractivity (Wildman–Crippen MR) is 82.3 cm³/mol. The monoisotopic (exact) mass is 304 g/mol. The van der Waals surface area contributed by atoms with E-state index in [1.807, 2.05) is 25.1 Å². The second-order valence-electron chi connectivity index (χ2n) is 4.86. The zero-order valence-electron chi connectivity index (χ0n) is 12.8. The number of hydrogen-bond acceptors (Lipinski definition) is 4. The summed E-state index contributed by atoms with van der Waals surface area (Å²) < 4.78 is 11.0. The van der Waals surface area contributed by atoms with Crippen LogP contribution in [0.3, 0.4) is 0 Å². The van der Waals surface area contributed by atoms with Crippen molar-refractivity contribution in [1.82, 2.24) is 9.97 Å². The van der Waals surface area contributed by atoms with Crippen molar-refractivity contribution < 1.29 is 19.4 Å². The molecule has 1 aromatic carbocycles. The average molecular weight is 304 g/mol. The lowest BCUT2D eigenvalue weighted by Gasteiger charge is -2.10. The highest BCUT2D eigenvalue weighted by atomic mass is 16.5. The molecule has 22 heavy (non-hydrogen) atoms. The Balaban J connectivity index is 2.16. The number of aryl methyl sites for hydroxylation is 1. The number of nitrogens with one attached hydrogen (secondary N) is 1. The molecule has 0 unspecified atom stereocenters. The molecule has 1 aromatic heterocycles. The maximum atomic E-state index is 10.6. The minimum atomic E-state index is -0.824. The summed E-state index contributed by atoms with van der Waals surface area (Å²) in [6.45, 7) is 2.68. The molecule has 0 spiro atoms. The number of imidazole rings is 1. The molecule has 2 N–H and O–H groups in total. The fourth-order valence-corrected chi connectivity index (χ4v) is 2.02. The van der Waals surface area contributed by atoms with Crippen LogP contribution >= 0.6 is 0 Å². The first kappa shape index (κ1) is 15.9. The first-order chi connectivity index (χ1) is 10.6. The summed E-state index contributed by atoms with van der Waals surface area (Å²) in [5.74, 6) is 1.20. The van der Waals surface area contributed by atoms with Gasteiger partial charge < -0.3 is 19.6 Å². The van der Waals surface area contributed by atoms with Gasteiger partial charge >= 0.3 is 5.97 Å². The summed E-state index contributed by atoms with van der Waals surface area (Å²) in [6.07, 6.45) is 3.09. The number of nitrogens with zero attached hydrogens (tertiary/aromatic N) is 1. The van der Waals surface area contributed by atoms with Crippen LogP contribution in [0, 0.1) is 0 Å². The van der Waals surface area contributed by atoms with E-state index < -0.39 is 5.97 Å². The number of hydrogen-bond donors (Lipinski definition) is 2. The van der Waals surface area contributed by atoms with Crippen molar-refractivity contribution in [2.24, 2.45) is 0 Å². The van der Waals surface area contributed by atoms with Crippen LogP contribution in [-0.4, -0.2) is 34.8 Å². The molecular weight excluding hydrogens is 284 g/mol. The Bertz CT molecular complexity index is 637. The molecular formula is C16H20N2O4. The van der Waals surface area contributed by atoms with E-state index in [2.05, 4.69) is 9.97 Å². The molecule has 0 atom stereocenters. The Hall–Kier alpha value is -2.50. The molecule has 0 fully saturated rings. The zero-order chi connectivity index (χ0) is 15.9. The molecule has 0 aliphatic rings. The van der Waals surface area contributed by atoms with Crippen LogP contribution in [0.5, 0.6) is 11.5 Å². The zero-order valence-corrected chi connectivity index (χ0v) is 12.8. The van der Waals surface area contributed by atoms with E-state index in [9.17, 15) is 4.79 Å². The molecule has 0 radical (unpaired) electrons. The Morgan fingerprint density at radius 2 is 2.18 bits per heavy atom. The van der Waals surface area contributed by atoms with Crippen LogP contribution in [-0.2, 0) is 11.2 Å². The predicted octanol–water partition coefficient (Wildman–Crippen LogP) is 2.89. The molecule has 0 amide bonds. The van der Waals surface area contributed by atoms with Gasteiger partial charge in [0.05, 0.1) is 20.1 Å². The Labute approximate surface area is 129 Å². The lowest BCUT2D eigenvalue weighted by molar-refractivity contribution is -0.136. The standard InChI is InChI=1S/C16H20N2O4/c1-3-8-22-13-6-4-11(9-14(13)21-2)16-17-10-12(18-16)5-7-15(19)20/h4,6,9-10H,3,5,7-8H2,1-2H3,(H,17,18)(H,19,20). The van der Waals surface area contributed by atoms with Gasteiger partial charge in [0.2, 0.25) is 0 Å². The molecule has 118 valence electrons.